The minimum absolute atomic E-state index is 0.0655. The van der Waals surface area contributed by atoms with Crippen molar-refractivity contribution in [3.05, 3.63) is 50.7 Å². The van der Waals surface area contributed by atoms with Gasteiger partial charge in [0.1, 0.15) is 4.90 Å². The fourth-order valence-electron chi connectivity index (χ4n) is 1.57. The highest BCUT2D eigenvalue weighted by Gasteiger charge is 2.17. The molecule has 0 aliphatic rings. The van der Waals surface area contributed by atoms with E-state index in [-0.39, 0.29) is 17.1 Å². The van der Waals surface area contributed by atoms with Crippen molar-refractivity contribution in [1.29, 1.82) is 0 Å². The molecule has 1 aromatic carbocycles. The lowest BCUT2D eigenvalue weighted by Crippen LogP contribution is -2.03. The van der Waals surface area contributed by atoms with Crippen LogP contribution in [0.3, 0.4) is 0 Å². The topological polar surface area (TPSA) is 95.1 Å². The van der Waals surface area contributed by atoms with E-state index in [1.54, 1.807) is 12.1 Å². The van der Waals surface area contributed by atoms with Gasteiger partial charge in [-0.05, 0) is 12.1 Å². The third-order valence-electron chi connectivity index (χ3n) is 2.47. The Morgan fingerprint density at radius 1 is 1.45 bits per heavy atom. The summed E-state index contributed by atoms with van der Waals surface area (Å²) in [7, 11) is 1.32. The van der Waals surface area contributed by atoms with Gasteiger partial charge in [-0.15, -0.1) is 0 Å². The molecule has 0 amide bonds. The van der Waals surface area contributed by atoms with Crippen molar-refractivity contribution in [2.24, 2.45) is 0 Å². The van der Waals surface area contributed by atoms with E-state index in [0.717, 1.165) is 6.20 Å². The zero-order valence-electron chi connectivity index (χ0n) is 9.73. The van der Waals surface area contributed by atoms with Gasteiger partial charge in [-0.2, -0.15) is 5.10 Å². The van der Waals surface area contributed by atoms with Gasteiger partial charge in [0.05, 0.1) is 23.2 Å². The van der Waals surface area contributed by atoms with Crippen molar-refractivity contribution >= 4 is 41.4 Å². The first-order chi connectivity index (χ1) is 9.27. The summed E-state index contributed by atoms with van der Waals surface area (Å²) in [5, 5.41) is 14.8. The molecule has 20 heavy (non-hydrogen) atoms. The van der Waals surface area contributed by atoms with Crippen LogP contribution in [0.25, 0.3) is 0 Å². The van der Waals surface area contributed by atoms with E-state index in [2.05, 4.69) is 21.0 Å². The summed E-state index contributed by atoms with van der Waals surface area (Å²) in [6.07, 6.45) is 2.31. The molecule has 1 heterocycles. The first-order valence-electron chi connectivity index (χ1n) is 5.17. The van der Waals surface area contributed by atoms with E-state index in [1.807, 2.05) is 0 Å². The Bertz CT molecular complexity index is 775. The number of hydrogen-bond donors (Lipinski definition) is 0. The Morgan fingerprint density at radius 2 is 2.15 bits per heavy atom. The molecular weight excluding hydrogens is 374 g/mol. The van der Waals surface area contributed by atoms with Crippen molar-refractivity contribution in [3.63, 3.8) is 0 Å². The fourth-order valence-corrected chi connectivity index (χ4v) is 2.58. The molecule has 0 N–H and O–H groups in total. The summed E-state index contributed by atoms with van der Waals surface area (Å²) in [6.45, 7) is 0.0655. The number of nitro benzene ring substituents is 1. The number of nitro groups is 1. The van der Waals surface area contributed by atoms with Crippen molar-refractivity contribution in [3.8, 4) is 0 Å². The third-order valence-corrected chi connectivity index (χ3v) is 4.27. The average molecular weight is 381 g/mol. The van der Waals surface area contributed by atoms with Crippen LogP contribution >= 0.6 is 26.6 Å². The Kier molecular flexibility index (Phi) is 4.11. The first kappa shape index (κ1) is 14.9. The minimum Gasteiger partial charge on any atom is -0.267 e. The molecule has 10 heteroatoms. The second-order valence-corrected chi connectivity index (χ2v) is 7.32. The van der Waals surface area contributed by atoms with E-state index in [1.165, 1.54) is 16.9 Å². The van der Waals surface area contributed by atoms with Crippen LogP contribution in [-0.2, 0) is 15.6 Å². The number of rotatable bonds is 4. The molecule has 2 rings (SSSR count). The van der Waals surface area contributed by atoms with Gasteiger partial charge in [0, 0.05) is 27.4 Å². The molecule has 0 spiro atoms. The van der Waals surface area contributed by atoms with Crippen LogP contribution in [0.5, 0.6) is 0 Å². The normalized spacial score (nSPS) is 11.5. The molecule has 7 nitrogen and oxygen atoms in total. The summed E-state index contributed by atoms with van der Waals surface area (Å²) >= 11 is 3.16. The molecule has 0 bridgehead atoms. The minimum atomic E-state index is -3.86. The van der Waals surface area contributed by atoms with Gasteiger partial charge in [0.2, 0.25) is 0 Å². The number of hydrogen-bond acceptors (Lipinski definition) is 5. The molecule has 0 saturated heterocycles. The van der Waals surface area contributed by atoms with E-state index < -0.39 is 14.0 Å². The highest BCUT2D eigenvalue weighted by Crippen LogP contribution is 2.24. The number of nitrogens with zero attached hydrogens (tertiary/aromatic N) is 3. The predicted octanol–water partition coefficient (Wildman–Crippen LogP) is 2.53. The van der Waals surface area contributed by atoms with Gasteiger partial charge in [-0.1, -0.05) is 15.9 Å². The van der Waals surface area contributed by atoms with Crippen molar-refractivity contribution in [2.75, 3.05) is 0 Å². The molecule has 1 aromatic heterocycles. The lowest BCUT2D eigenvalue weighted by atomic mass is 10.2. The summed E-state index contributed by atoms with van der Waals surface area (Å²) in [6, 6.07) is 4.60. The Labute approximate surface area is 126 Å². The monoisotopic (exact) mass is 379 g/mol. The van der Waals surface area contributed by atoms with Crippen molar-refractivity contribution in [2.45, 2.75) is 11.4 Å². The fraction of sp³-hybridized carbons (Fsp3) is 0.100. The zero-order chi connectivity index (χ0) is 14.9. The predicted molar refractivity (Wildman–Crippen MR) is 75.2 cm³/mol. The van der Waals surface area contributed by atoms with E-state index in [9.17, 15) is 18.5 Å². The van der Waals surface area contributed by atoms with Crippen LogP contribution in [0.4, 0.5) is 5.69 Å². The van der Waals surface area contributed by atoms with Crippen LogP contribution in [0, 0.1) is 10.1 Å². The molecule has 0 aliphatic heterocycles. The molecule has 0 unspecified atom stereocenters. The Hall–Kier alpha value is -1.45. The maximum Gasteiger partial charge on any atom is 0.275 e. The lowest BCUT2D eigenvalue weighted by molar-refractivity contribution is -0.385. The molecule has 2 aromatic rings. The highest BCUT2D eigenvalue weighted by atomic mass is 79.9. The molecule has 0 aliphatic carbocycles. The van der Waals surface area contributed by atoms with Crippen LogP contribution < -0.4 is 0 Å². The van der Waals surface area contributed by atoms with Crippen LogP contribution in [0.2, 0.25) is 0 Å². The molecule has 0 radical (unpaired) electrons. The number of benzene rings is 1. The van der Waals surface area contributed by atoms with Gasteiger partial charge in [-0.3, -0.25) is 14.8 Å². The van der Waals surface area contributed by atoms with Crippen LogP contribution in [0.15, 0.2) is 40.0 Å². The smallest absolute Gasteiger partial charge is 0.267 e. The quantitative estimate of drug-likeness (QED) is 0.461. The maximum absolute atomic E-state index is 11.1. The van der Waals surface area contributed by atoms with Crippen LogP contribution in [-0.4, -0.2) is 23.1 Å². The number of aromatic nitrogens is 2. The Balaban J connectivity index is 2.35. The molecule has 0 saturated carbocycles. The Morgan fingerprint density at radius 3 is 2.70 bits per heavy atom. The van der Waals surface area contributed by atoms with Gasteiger partial charge < -0.3 is 0 Å². The van der Waals surface area contributed by atoms with Gasteiger partial charge in [0.15, 0.2) is 0 Å². The van der Waals surface area contributed by atoms with Crippen molar-refractivity contribution < 1.29 is 13.3 Å². The number of halogens is 2. The summed E-state index contributed by atoms with van der Waals surface area (Å²) in [4.78, 5) is 10.3. The summed E-state index contributed by atoms with van der Waals surface area (Å²) < 4.78 is 24.1. The molecule has 0 atom stereocenters. The summed E-state index contributed by atoms with van der Waals surface area (Å²) in [5.74, 6) is 0. The van der Waals surface area contributed by atoms with Crippen molar-refractivity contribution in [1.82, 2.24) is 9.78 Å². The molecular formula is C10H7BrClN3O4S. The van der Waals surface area contributed by atoms with E-state index in [4.69, 9.17) is 10.7 Å². The molecule has 106 valence electrons. The highest BCUT2D eigenvalue weighted by molar-refractivity contribution is 9.10. The van der Waals surface area contributed by atoms with Gasteiger partial charge >= 0.3 is 0 Å². The second kappa shape index (κ2) is 5.51. The standard InChI is InChI=1S/C10H7BrClN3O4S/c11-8-2-1-7(10(3-8)15(16)17)5-14-6-9(4-13-14)20(12,18)19/h1-4,6H,5H2. The van der Waals surface area contributed by atoms with E-state index >= 15 is 0 Å². The SMILES string of the molecule is O=[N+]([O-])c1cc(Br)ccc1Cn1cc(S(=O)(=O)Cl)cn1. The van der Waals surface area contributed by atoms with Gasteiger partial charge in [-0.25, -0.2) is 8.42 Å². The van der Waals surface area contributed by atoms with Crippen LogP contribution in [0.1, 0.15) is 5.56 Å². The average Bonchev–Trinajstić information content (AvgIpc) is 2.79. The lowest BCUT2D eigenvalue weighted by Gasteiger charge is -2.03. The first-order valence-corrected chi connectivity index (χ1v) is 8.27. The summed E-state index contributed by atoms with van der Waals surface area (Å²) in [5.41, 5.74) is 0.324. The maximum atomic E-state index is 11.1. The van der Waals surface area contributed by atoms with Gasteiger partial charge in [0.25, 0.3) is 14.7 Å². The largest absolute Gasteiger partial charge is 0.275 e. The zero-order valence-corrected chi connectivity index (χ0v) is 12.9. The third kappa shape index (κ3) is 3.35. The second-order valence-electron chi connectivity index (χ2n) is 3.84. The molecule has 0 fully saturated rings. The van der Waals surface area contributed by atoms with E-state index in [0.29, 0.717) is 10.0 Å².